The van der Waals surface area contributed by atoms with Crippen LogP contribution in [0.15, 0.2) is 18.2 Å². The molecule has 4 nitrogen and oxygen atoms in total. The number of nitrogens with zero attached hydrogens (tertiary/aromatic N) is 1. The molecule has 1 atom stereocenters. The van der Waals surface area contributed by atoms with Crippen LogP contribution in [-0.4, -0.2) is 35.5 Å². The predicted octanol–water partition coefficient (Wildman–Crippen LogP) is 3.21. The molecule has 1 N–H and O–H groups in total. The maximum absolute atomic E-state index is 11.2. The second-order valence-corrected chi connectivity index (χ2v) is 6.71. The fourth-order valence-electron chi connectivity index (χ4n) is 4.33. The Hall–Kier alpha value is -1.81. The molecule has 2 aromatic rings. The number of H-pyrrole nitrogens is 1. The van der Waals surface area contributed by atoms with Crippen LogP contribution in [0.25, 0.3) is 10.9 Å². The van der Waals surface area contributed by atoms with Crippen LogP contribution in [0.5, 0.6) is 5.75 Å². The third-order valence-corrected chi connectivity index (χ3v) is 5.30. The van der Waals surface area contributed by atoms with Crippen LogP contribution in [0.1, 0.15) is 36.9 Å². The van der Waals surface area contributed by atoms with Crippen molar-refractivity contribution < 1.29 is 9.53 Å². The highest BCUT2D eigenvalue weighted by atomic mass is 16.5. The van der Waals surface area contributed by atoms with Crippen LogP contribution in [-0.2, 0) is 4.79 Å². The smallest absolute Gasteiger partial charge is 0.308 e. The Morgan fingerprint density at radius 1 is 1.32 bits per heavy atom. The Morgan fingerprint density at radius 2 is 2.09 bits per heavy atom. The molecule has 3 fully saturated rings. The van der Waals surface area contributed by atoms with E-state index in [0.29, 0.717) is 11.7 Å². The summed E-state index contributed by atoms with van der Waals surface area (Å²) < 4.78 is 5.27. The van der Waals surface area contributed by atoms with E-state index in [4.69, 9.17) is 4.74 Å². The summed E-state index contributed by atoms with van der Waals surface area (Å²) in [5, 5.41) is 1.22. The number of fused-ring (bicyclic) bond motifs is 4. The van der Waals surface area contributed by atoms with Gasteiger partial charge in [0, 0.05) is 36.0 Å². The van der Waals surface area contributed by atoms with Gasteiger partial charge in [0.05, 0.1) is 0 Å². The van der Waals surface area contributed by atoms with Gasteiger partial charge in [-0.2, -0.15) is 0 Å². The van der Waals surface area contributed by atoms with Crippen LogP contribution >= 0.6 is 0 Å². The molecule has 116 valence electrons. The fraction of sp³-hybridized carbons (Fsp3) is 0.500. The lowest BCUT2D eigenvalue weighted by Crippen LogP contribution is -2.46. The monoisotopic (exact) mass is 298 g/mol. The highest BCUT2D eigenvalue weighted by Crippen LogP contribution is 2.43. The van der Waals surface area contributed by atoms with Gasteiger partial charge in [-0.15, -0.1) is 0 Å². The second kappa shape index (κ2) is 5.13. The standard InChI is InChI=1S/C18H22N2O2/c1-11-18(16-10-20-7-5-13(16)6-8-20)15-9-14(22-12(2)21)3-4-17(15)19-11/h3-4,9,13,16,19H,5-8,10H2,1-2H3. The summed E-state index contributed by atoms with van der Waals surface area (Å²) in [5.74, 6) is 1.77. The molecule has 3 aliphatic rings. The Morgan fingerprint density at radius 3 is 2.73 bits per heavy atom. The number of esters is 1. The van der Waals surface area contributed by atoms with E-state index in [-0.39, 0.29) is 5.97 Å². The van der Waals surface area contributed by atoms with E-state index in [1.807, 2.05) is 18.2 Å². The highest BCUT2D eigenvalue weighted by molar-refractivity contribution is 5.87. The van der Waals surface area contributed by atoms with Crippen molar-refractivity contribution in [2.75, 3.05) is 19.6 Å². The van der Waals surface area contributed by atoms with Crippen molar-refractivity contribution in [1.82, 2.24) is 9.88 Å². The number of rotatable bonds is 2. The average Bonchev–Trinajstić information content (AvgIpc) is 2.83. The second-order valence-electron chi connectivity index (χ2n) is 6.71. The van der Waals surface area contributed by atoms with E-state index in [9.17, 15) is 4.79 Å². The van der Waals surface area contributed by atoms with Crippen LogP contribution in [0.4, 0.5) is 0 Å². The topological polar surface area (TPSA) is 45.3 Å². The van der Waals surface area contributed by atoms with Crippen LogP contribution in [0.2, 0.25) is 0 Å². The summed E-state index contributed by atoms with van der Waals surface area (Å²) in [4.78, 5) is 17.3. The number of benzene rings is 1. The largest absolute Gasteiger partial charge is 0.427 e. The normalized spacial score (nSPS) is 27.3. The summed E-state index contributed by atoms with van der Waals surface area (Å²) >= 11 is 0. The molecular formula is C18H22N2O2. The molecule has 0 spiro atoms. The van der Waals surface area contributed by atoms with Crippen molar-refractivity contribution in [3.8, 4) is 5.75 Å². The van der Waals surface area contributed by atoms with Gasteiger partial charge in [-0.1, -0.05) is 0 Å². The molecule has 1 unspecified atom stereocenters. The zero-order valence-electron chi connectivity index (χ0n) is 13.2. The predicted molar refractivity (Wildman–Crippen MR) is 86.2 cm³/mol. The third kappa shape index (κ3) is 2.22. The van der Waals surface area contributed by atoms with E-state index in [0.717, 1.165) is 18.0 Å². The van der Waals surface area contributed by atoms with Gasteiger partial charge in [-0.3, -0.25) is 4.79 Å². The van der Waals surface area contributed by atoms with E-state index >= 15 is 0 Å². The summed E-state index contributed by atoms with van der Waals surface area (Å²) in [5.41, 5.74) is 3.83. The van der Waals surface area contributed by atoms with Crippen molar-refractivity contribution in [1.29, 1.82) is 0 Å². The van der Waals surface area contributed by atoms with Gasteiger partial charge in [0.1, 0.15) is 5.75 Å². The molecule has 4 heterocycles. The number of aromatic nitrogens is 1. The molecule has 0 aliphatic carbocycles. The van der Waals surface area contributed by atoms with E-state index in [1.165, 1.54) is 49.5 Å². The number of ether oxygens (including phenoxy) is 1. The van der Waals surface area contributed by atoms with Crippen molar-refractivity contribution in [2.45, 2.75) is 32.6 Å². The lowest BCUT2D eigenvalue weighted by Gasteiger charge is -2.45. The molecule has 0 saturated carbocycles. The Kier molecular flexibility index (Phi) is 3.22. The van der Waals surface area contributed by atoms with Crippen molar-refractivity contribution in [3.05, 3.63) is 29.5 Å². The zero-order valence-corrected chi connectivity index (χ0v) is 13.2. The first kappa shape index (κ1) is 13.8. The minimum absolute atomic E-state index is 0.268. The maximum Gasteiger partial charge on any atom is 0.308 e. The lowest BCUT2D eigenvalue weighted by molar-refractivity contribution is -0.131. The molecule has 22 heavy (non-hydrogen) atoms. The number of carbonyl (C=O) groups excluding carboxylic acids is 1. The van der Waals surface area contributed by atoms with E-state index in [2.05, 4.69) is 16.8 Å². The molecule has 2 bridgehead atoms. The van der Waals surface area contributed by atoms with Gasteiger partial charge in [-0.05, 0) is 62.5 Å². The summed E-state index contributed by atoms with van der Waals surface area (Å²) in [6.45, 7) is 7.28. The summed E-state index contributed by atoms with van der Waals surface area (Å²) in [7, 11) is 0. The molecule has 4 heteroatoms. The Labute approximate surface area is 130 Å². The van der Waals surface area contributed by atoms with E-state index in [1.54, 1.807) is 0 Å². The number of aryl methyl sites for hydroxylation is 1. The minimum atomic E-state index is -0.268. The number of nitrogens with one attached hydrogen (secondary N) is 1. The Balaban J connectivity index is 1.78. The molecule has 5 rings (SSSR count). The summed E-state index contributed by atoms with van der Waals surface area (Å²) in [6, 6.07) is 5.90. The number of aromatic amines is 1. The molecule has 0 amide bonds. The molecular weight excluding hydrogens is 276 g/mol. The average molecular weight is 298 g/mol. The van der Waals surface area contributed by atoms with Gasteiger partial charge in [0.25, 0.3) is 0 Å². The molecule has 1 aromatic heterocycles. The maximum atomic E-state index is 11.2. The lowest BCUT2D eigenvalue weighted by atomic mass is 9.75. The Bertz CT molecular complexity index is 726. The molecule has 0 radical (unpaired) electrons. The van der Waals surface area contributed by atoms with Crippen molar-refractivity contribution in [2.24, 2.45) is 5.92 Å². The first-order valence-corrected chi connectivity index (χ1v) is 8.15. The first-order valence-electron chi connectivity index (χ1n) is 8.15. The van der Waals surface area contributed by atoms with Gasteiger partial charge in [0.15, 0.2) is 0 Å². The van der Waals surface area contributed by atoms with Crippen LogP contribution in [0.3, 0.4) is 0 Å². The number of hydrogen-bond acceptors (Lipinski definition) is 3. The van der Waals surface area contributed by atoms with Gasteiger partial charge in [0.2, 0.25) is 0 Å². The van der Waals surface area contributed by atoms with Crippen molar-refractivity contribution in [3.63, 3.8) is 0 Å². The van der Waals surface area contributed by atoms with Gasteiger partial charge in [-0.25, -0.2) is 0 Å². The van der Waals surface area contributed by atoms with Gasteiger partial charge < -0.3 is 14.6 Å². The number of carbonyl (C=O) groups is 1. The highest BCUT2D eigenvalue weighted by Gasteiger charge is 2.36. The van der Waals surface area contributed by atoms with E-state index < -0.39 is 0 Å². The quantitative estimate of drug-likeness (QED) is 0.684. The number of piperidine rings is 3. The molecule has 3 aliphatic heterocycles. The number of hydrogen-bond donors (Lipinski definition) is 1. The van der Waals surface area contributed by atoms with Crippen LogP contribution < -0.4 is 4.74 Å². The van der Waals surface area contributed by atoms with Crippen LogP contribution in [0, 0.1) is 12.8 Å². The SMILES string of the molecule is CC(=O)Oc1ccc2[nH]c(C)c(C3CN4CCC3CC4)c2c1. The fourth-order valence-corrected chi connectivity index (χ4v) is 4.33. The first-order chi connectivity index (χ1) is 10.6. The van der Waals surface area contributed by atoms with Gasteiger partial charge >= 0.3 is 5.97 Å². The molecule has 3 saturated heterocycles. The van der Waals surface area contributed by atoms with Crippen molar-refractivity contribution >= 4 is 16.9 Å². The third-order valence-electron chi connectivity index (χ3n) is 5.30. The summed E-state index contributed by atoms with van der Waals surface area (Å²) in [6.07, 6.45) is 2.61. The zero-order chi connectivity index (χ0) is 15.3. The minimum Gasteiger partial charge on any atom is -0.427 e. The molecule has 1 aromatic carbocycles.